The smallest absolute Gasteiger partial charge is 0.270 e. The molecule has 34 heavy (non-hydrogen) atoms. The molecule has 0 spiro atoms. The summed E-state index contributed by atoms with van der Waals surface area (Å²) in [5, 5.41) is 3.22. The number of amides is 1. The van der Waals surface area contributed by atoms with Gasteiger partial charge >= 0.3 is 0 Å². The van der Waals surface area contributed by atoms with Gasteiger partial charge in [0.25, 0.3) is 10.0 Å². The van der Waals surface area contributed by atoms with Gasteiger partial charge in [-0.3, -0.25) is 9.10 Å². The van der Waals surface area contributed by atoms with Gasteiger partial charge in [-0.1, -0.05) is 34.1 Å². The fraction of sp³-hybridized carbons (Fsp3) is 0.320. The number of ether oxygens (including phenoxy) is 1. The largest absolute Gasteiger partial charge is 0.474 e. The van der Waals surface area contributed by atoms with E-state index in [1.165, 1.54) is 11.4 Å². The number of benzene rings is 2. The second-order valence-corrected chi connectivity index (χ2v) is 11.8. The number of fused-ring (bicyclic) bond motifs is 1. The Labute approximate surface area is 207 Å². The Morgan fingerprint density at radius 3 is 2.53 bits per heavy atom. The Morgan fingerprint density at radius 1 is 1.12 bits per heavy atom. The molecular formula is C25H25BrN2O5S. The molecule has 1 fully saturated rings. The molecule has 2 aromatic carbocycles. The highest BCUT2D eigenvalue weighted by atomic mass is 79.9. The van der Waals surface area contributed by atoms with Gasteiger partial charge in [-0.15, -0.1) is 0 Å². The Balaban J connectivity index is 1.47. The fourth-order valence-corrected chi connectivity index (χ4v) is 5.98. The lowest BCUT2D eigenvalue weighted by molar-refractivity contribution is -0.124. The lowest BCUT2D eigenvalue weighted by Gasteiger charge is -2.28. The molecule has 1 amide bonds. The zero-order valence-electron chi connectivity index (χ0n) is 19.1. The maximum absolute atomic E-state index is 13.7. The first-order valence-electron chi connectivity index (χ1n) is 11.0. The normalized spacial score (nSPS) is 18.5. The van der Waals surface area contributed by atoms with Gasteiger partial charge in [0.2, 0.25) is 11.8 Å². The molecule has 1 N–H and O–H groups in total. The molecule has 0 radical (unpaired) electrons. The molecule has 1 aromatic heterocycles. The highest BCUT2D eigenvalue weighted by Gasteiger charge is 2.52. The minimum atomic E-state index is -3.49. The van der Waals surface area contributed by atoms with Crippen LogP contribution in [0, 0.1) is 13.8 Å². The van der Waals surface area contributed by atoms with E-state index in [2.05, 4.69) is 21.2 Å². The van der Waals surface area contributed by atoms with Crippen LogP contribution in [0.1, 0.15) is 47.1 Å². The summed E-state index contributed by atoms with van der Waals surface area (Å²) in [6.07, 6.45) is 1.40. The highest BCUT2D eigenvalue weighted by Crippen LogP contribution is 2.51. The lowest BCUT2D eigenvalue weighted by Crippen LogP contribution is -2.38. The number of sulfonamides is 1. The van der Waals surface area contributed by atoms with Gasteiger partial charge in [-0.25, -0.2) is 8.42 Å². The molecule has 178 valence electrons. The van der Waals surface area contributed by atoms with Crippen LogP contribution in [0.25, 0.3) is 0 Å². The first kappa shape index (κ1) is 23.0. The van der Waals surface area contributed by atoms with Gasteiger partial charge in [0.05, 0.1) is 11.1 Å². The quantitative estimate of drug-likeness (QED) is 0.502. The first-order valence-corrected chi connectivity index (χ1v) is 13.4. The number of carbonyl (C=O) groups is 1. The van der Waals surface area contributed by atoms with Crippen molar-refractivity contribution in [3.63, 3.8) is 0 Å². The van der Waals surface area contributed by atoms with Gasteiger partial charge in [0.1, 0.15) is 23.3 Å². The molecule has 1 unspecified atom stereocenters. The molecule has 7 nitrogen and oxygen atoms in total. The number of nitrogens with zero attached hydrogens (tertiary/aromatic N) is 1. The molecule has 2 heterocycles. The Hall–Kier alpha value is -2.78. The Kier molecular flexibility index (Phi) is 5.52. The third kappa shape index (κ3) is 3.90. The summed E-state index contributed by atoms with van der Waals surface area (Å²) in [4.78, 5) is 13.7. The predicted octanol–water partition coefficient (Wildman–Crippen LogP) is 4.71. The van der Waals surface area contributed by atoms with E-state index in [9.17, 15) is 13.2 Å². The van der Waals surface area contributed by atoms with Crippen molar-refractivity contribution >= 4 is 37.5 Å². The van der Waals surface area contributed by atoms with Gasteiger partial charge in [0, 0.05) is 11.5 Å². The van der Waals surface area contributed by atoms with Crippen molar-refractivity contribution in [3.05, 3.63) is 81.2 Å². The highest BCUT2D eigenvalue weighted by molar-refractivity contribution is 9.10. The minimum absolute atomic E-state index is 0.101. The molecule has 1 aliphatic heterocycles. The second-order valence-electron chi connectivity index (χ2n) is 8.99. The molecule has 1 atom stereocenters. The molecule has 0 bridgehead atoms. The number of nitrogens with one attached hydrogen (secondary N) is 1. The first-order chi connectivity index (χ1) is 16.1. The zero-order valence-corrected chi connectivity index (χ0v) is 21.5. The standard InChI is InChI=1S/C25H25BrN2O5S/c1-15-4-7-18(19(26)12-15)23(21-9-5-16(2)33-21)27-24(29)25(10-11-25)17-6-8-20-22(13-17)32-14-34(30,31)28(20)3/h4-9,12-13,23H,10-11,14H2,1-3H3,(H,27,29). The molecule has 2 aliphatic rings. The van der Waals surface area contributed by atoms with E-state index in [-0.39, 0.29) is 5.91 Å². The van der Waals surface area contributed by atoms with Crippen LogP contribution >= 0.6 is 15.9 Å². The monoisotopic (exact) mass is 544 g/mol. The second kappa shape index (κ2) is 8.16. The van der Waals surface area contributed by atoms with Crippen molar-refractivity contribution in [3.8, 4) is 5.75 Å². The van der Waals surface area contributed by atoms with Gasteiger partial charge in [-0.2, -0.15) is 0 Å². The maximum Gasteiger partial charge on any atom is 0.270 e. The predicted molar refractivity (Wildman–Crippen MR) is 132 cm³/mol. The summed E-state index contributed by atoms with van der Waals surface area (Å²) in [7, 11) is -1.98. The van der Waals surface area contributed by atoms with Crippen molar-refractivity contribution < 1.29 is 22.4 Å². The number of hydrogen-bond donors (Lipinski definition) is 1. The van der Waals surface area contributed by atoms with Crippen LogP contribution in [0.15, 0.2) is 57.4 Å². The molecule has 1 saturated carbocycles. The number of halogens is 1. The molecular weight excluding hydrogens is 520 g/mol. The van der Waals surface area contributed by atoms with Gasteiger partial charge < -0.3 is 14.5 Å². The third-order valence-corrected chi connectivity index (χ3v) is 8.74. The molecule has 3 aromatic rings. The van der Waals surface area contributed by atoms with Crippen molar-refractivity contribution in [2.75, 3.05) is 17.3 Å². The SMILES string of the molecule is Cc1ccc(C(NC(=O)C2(c3ccc4c(c3)OCS(=O)(=O)N4C)CC2)c2ccc(C)o2)c(Br)c1. The minimum Gasteiger partial charge on any atom is -0.474 e. The van der Waals surface area contributed by atoms with Crippen molar-refractivity contribution in [1.29, 1.82) is 0 Å². The fourth-order valence-electron chi connectivity index (χ4n) is 4.37. The number of anilines is 1. The zero-order chi connectivity index (χ0) is 24.3. The number of rotatable bonds is 5. The van der Waals surface area contributed by atoms with Crippen LogP contribution in [0.5, 0.6) is 5.75 Å². The van der Waals surface area contributed by atoms with E-state index < -0.39 is 27.4 Å². The Bertz CT molecular complexity index is 1390. The lowest BCUT2D eigenvalue weighted by atomic mass is 9.93. The van der Waals surface area contributed by atoms with Gasteiger partial charge in [-0.05, 0) is 73.7 Å². The summed E-state index contributed by atoms with van der Waals surface area (Å²) in [6.45, 7) is 3.89. The van der Waals surface area contributed by atoms with E-state index in [0.29, 0.717) is 30.0 Å². The molecule has 5 rings (SSSR count). The van der Waals surface area contributed by atoms with Crippen LogP contribution in [0.4, 0.5) is 5.69 Å². The van der Waals surface area contributed by atoms with E-state index >= 15 is 0 Å². The van der Waals surface area contributed by atoms with Crippen LogP contribution in [0.3, 0.4) is 0 Å². The van der Waals surface area contributed by atoms with Crippen molar-refractivity contribution in [1.82, 2.24) is 5.32 Å². The molecule has 0 saturated heterocycles. The summed E-state index contributed by atoms with van der Waals surface area (Å²) >= 11 is 3.65. The summed E-state index contributed by atoms with van der Waals surface area (Å²) in [6, 6.07) is 14.6. The average molecular weight is 545 g/mol. The number of carbonyl (C=O) groups excluding carboxylic acids is 1. The van der Waals surface area contributed by atoms with Crippen LogP contribution in [-0.2, 0) is 20.2 Å². The van der Waals surface area contributed by atoms with Crippen molar-refractivity contribution in [2.45, 2.75) is 38.1 Å². The van der Waals surface area contributed by atoms with E-state index in [1.807, 2.05) is 50.2 Å². The summed E-state index contributed by atoms with van der Waals surface area (Å²) in [5.41, 5.74) is 2.61. The van der Waals surface area contributed by atoms with Crippen LogP contribution in [-0.4, -0.2) is 27.3 Å². The van der Waals surface area contributed by atoms with Crippen LogP contribution in [0.2, 0.25) is 0 Å². The van der Waals surface area contributed by atoms with Crippen molar-refractivity contribution in [2.24, 2.45) is 0 Å². The summed E-state index contributed by atoms with van der Waals surface area (Å²) < 4.78 is 37.8. The topological polar surface area (TPSA) is 88.8 Å². The maximum atomic E-state index is 13.7. The van der Waals surface area contributed by atoms with E-state index in [1.54, 1.807) is 12.1 Å². The number of hydrogen-bond acceptors (Lipinski definition) is 5. The number of aryl methyl sites for hydroxylation is 2. The third-order valence-electron chi connectivity index (χ3n) is 6.60. The molecule has 9 heteroatoms. The number of furan rings is 1. The average Bonchev–Trinajstić information content (AvgIpc) is 3.50. The van der Waals surface area contributed by atoms with Gasteiger partial charge in [0.15, 0.2) is 0 Å². The van der Waals surface area contributed by atoms with E-state index in [0.717, 1.165) is 26.9 Å². The molecule has 1 aliphatic carbocycles. The van der Waals surface area contributed by atoms with E-state index in [4.69, 9.17) is 9.15 Å². The summed E-state index contributed by atoms with van der Waals surface area (Å²) in [5.74, 6) is 1.38. The Morgan fingerprint density at radius 2 is 1.88 bits per heavy atom. The van der Waals surface area contributed by atoms with Crippen LogP contribution < -0.4 is 14.4 Å².